The maximum atomic E-state index is 13.0. The Bertz CT molecular complexity index is 1240. The second-order valence-electron chi connectivity index (χ2n) is 9.03. The van der Waals surface area contributed by atoms with E-state index in [4.69, 9.17) is 9.47 Å². The van der Waals surface area contributed by atoms with Crippen LogP contribution in [0.2, 0.25) is 0 Å². The second-order valence-corrected chi connectivity index (χ2v) is 9.03. The van der Waals surface area contributed by atoms with E-state index in [1.54, 1.807) is 6.92 Å². The van der Waals surface area contributed by atoms with Gasteiger partial charge in [0.15, 0.2) is 0 Å². The monoisotopic (exact) mass is 518 g/mol. The van der Waals surface area contributed by atoms with Crippen LogP contribution in [0.3, 0.4) is 0 Å². The van der Waals surface area contributed by atoms with Gasteiger partial charge in [0.25, 0.3) is 0 Å². The van der Waals surface area contributed by atoms with Crippen molar-refractivity contribution in [3.63, 3.8) is 0 Å². The van der Waals surface area contributed by atoms with Crippen molar-refractivity contribution < 1.29 is 34.1 Å². The van der Waals surface area contributed by atoms with Gasteiger partial charge in [-0.15, -0.1) is 0 Å². The highest BCUT2D eigenvalue weighted by Crippen LogP contribution is 2.44. The lowest BCUT2D eigenvalue weighted by Gasteiger charge is -2.26. The molecule has 0 aromatic heterocycles. The third-order valence-electron chi connectivity index (χ3n) is 6.52. The summed E-state index contributed by atoms with van der Waals surface area (Å²) in [6, 6.07) is 22.3. The summed E-state index contributed by atoms with van der Waals surface area (Å²) in [4.78, 5) is 37.2. The number of carboxylic acids is 1. The summed E-state index contributed by atoms with van der Waals surface area (Å²) in [6.07, 6.45) is -1.69. The molecule has 4 N–H and O–H groups in total. The zero-order valence-electron chi connectivity index (χ0n) is 20.9. The van der Waals surface area contributed by atoms with Crippen molar-refractivity contribution in [1.82, 2.24) is 10.6 Å². The number of fused-ring (bicyclic) bond motifs is 3. The minimum Gasteiger partial charge on any atom is -0.480 e. The number of aliphatic carboxylic acids is 1. The molecule has 198 valence electrons. The number of hydrogen-bond donors (Lipinski definition) is 4. The fraction of sp³-hybridized carbons (Fsp3) is 0.276. The van der Waals surface area contributed by atoms with Gasteiger partial charge in [-0.2, -0.15) is 0 Å². The van der Waals surface area contributed by atoms with Crippen molar-refractivity contribution in [2.45, 2.75) is 37.6 Å². The first-order valence-corrected chi connectivity index (χ1v) is 12.3. The van der Waals surface area contributed by atoms with E-state index in [-0.39, 0.29) is 19.1 Å². The van der Waals surface area contributed by atoms with Crippen LogP contribution in [-0.2, 0) is 25.7 Å². The number of aliphatic hydroxyl groups is 1. The van der Waals surface area contributed by atoms with Crippen LogP contribution in [0.15, 0.2) is 78.9 Å². The summed E-state index contributed by atoms with van der Waals surface area (Å²) in [7, 11) is 0. The van der Waals surface area contributed by atoms with E-state index in [9.17, 15) is 24.6 Å². The Morgan fingerprint density at radius 2 is 1.45 bits per heavy atom. The fourth-order valence-electron chi connectivity index (χ4n) is 4.51. The first kappa shape index (κ1) is 26.8. The molecule has 0 spiro atoms. The molecule has 4 rings (SSSR count). The molecule has 3 aromatic carbocycles. The Labute approximate surface area is 220 Å². The molecule has 38 heavy (non-hydrogen) atoms. The number of carbonyl (C=O) groups is 3. The highest BCUT2D eigenvalue weighted by atomic mass is 16.5. The number of hydrogen-bond acceptors (Lipinski definition) is 6. The van der Waals surface area contributed by atoms with Gasteiger partial charge < -0.3 is 30.3 Å². The number of alkyl carbamates (subject to hydrolysis) is 1. The van der Waals surface area contributed by atoms with Crippen molar-refractivity contribution in [2.75, 3.05) is 13.2 Å². The molecule has 0 saturated heterocycles. The first-order valence-electron chi connectivity index (χ1n) is 12.3. The van der Waals surface area contributed by atoms with Crippen molar-refractivity contribution in [3.05, 3.63) is 95.6 Å². The SMILES string of the molecule is CC(OCc1ccccc1)C(NC(=O)OCC1c2ccccc2-c2ccccc21)C(=O)NC(CO)C(=O)O. The van der Waals surface area contributed by atoms with E-state index >= 15 is 0 Å². The van der Waals surface area contributed by atoms with E-state index in [1.165, 1.54) is 0 Å². The smallest absolute Gasteiger partial charge is 0.407 e. The maximum absolute atomic E-state index is 13.0. The van der Waals surface area contributed by atoms with Crippen LogP contribution in [0.1, 0.15) is 29.5 Å². The lowest BCUT2D eigenvalue weighted by atomic mass is 9.98. The largest absolute Gasteiger partial charge is 0.480 e. The van der Waals surface area contributed by atoms with Gasteiger partial charge in [0.2, 0.25) is 5.91 Å². The topological polar surface area (TPSA) is 134 Å². The highest BCUT2D eigenvalue weighted by Gasteiger charge is 2.33. The van der Waals surface area contributed by atoms with Crippen LogP contribution in [0, 0.1) is 0 Å². The molecule has 0 heterocycles. The molecule has 9 nitrogen and oxygen atoms in total. The van der Waals surface area contributed by atoms with E-state index < -0.39 is 42.8 Å². The van der Waals surface area contributed by atoms with Crippen molar-refractivity contribution in [2.24, 2.45) is 0 Å². The molecule has 2 amide bonds. The Morgan fingerprint density at radius 3 is 2.03 bits per heavy atom. The summed E-state index contributed by atoms with van der Waals surface area (Å²) in [5, 5.41) is 23.3. The maximum Gasteiger partial charge on any atom is 0.407 e. The average molecular weight is 519 g/mol. The van der Waals surface area contributed by atoms with E-state index in [0.717, 1.165) is 27.8 Å². The average Bonchev–Trinajstić information content (AvgIpc) is 3.26. The molecular formula is C29H30N2O7. The molecule has 3 unspecified atom stereocenters. The Morgan fingerprint density at radius 1 is 0.868 bits per heavy atom. The van der Waals surface area contributed by atoms with Crippen LogP contribution in [-0.4, -0.2) is 59.6 Å². The number of nitrogens with one attached hydrogen (secondary N) is 2. The van der Waals surface area contributed by atoms with Gasteiger partial charge >= 0.3 is 12.1 Å². The standard InChI is InChI=1S/C29H30N2O7/c1-18(37-16-19-9-3-2-4-10-19)26(27(33)30-25(15-32)28(34)35)31-29(36)38-17-24-22-13-7-5-11-20(22)21-12-6-8-14-23(21)24/h2-14,18,24-26,32H,15-17H2,1H3,(H,30,33)(H,31,36)(H,34,35). The van der Waals surface area contributed by atoms with Crippen molar-refractivity contribution >= 4 is 18.0 Å². The van der Waals surface area contributed by atoms with E-state index in [2.05, 4.69) is 10.6 Å². The highest BCUT2D eigenvalue weighted by molar-refractivity contribution is 5.89. The third-order valence-corrected chi connectivity index (χ3v) is 6.52. The van der Waals surface area contributed by atoms with Gasteiger partial charge in [0, 0.05) is 5.92 Å². The molecule has 9 heteroatoms. The molecule has 1 aliphatic rings. The van der Waals surface area contributed by atoms with E-state index in [1.807, 2.05) is 78.9 Å². The van der Waals surface area contributed by atoms with Crippen LogP contribution in [0.5, 0.6) is 0 Å². The lowest BCUT2D eigenvalue weighted by Crippen LogP contribution is -2.57. The predicted molar refractivity (Wildman–Crippen MR) is 139 cm³/mol. The Hall–Kier alpha value is -4.21. The molecule has 3 atom stereocenters. The van der Waals surface area contributed by atoms with Crippen LogP contribution in [0.4, 0.5) is 4.79 Å². The quantitative estimate of drug-likeness (QED) is 0.307. The number of amides is 2. The summed E-state index contributed by atoms with van der Waals surface area (Å²) in [5.74, 6) is -2.39. The van der Waals surface area contributed by atoms with Gasteiger partial charge in [0.1, 0.15) is 18.7 Å². The molecule has 0 saturated carbocycles. The van der Waals surface area contributed by atoms with Gasteiger partial charge in [0.05, 0.1) is 19.3 Å². The summed E-state index contributed by atoms with van der Waals surface area (Å²) in [5.41, 5.74) is 5.12. The molecule has 1 aliphatic carbocycles. The molecule has 0 aliphatic heterocycles. The fourth-order valence-corrected chi connectivity index (χ4v) is 4.51. The third kappa shape index (κ3) is 6.19. The van der Waals surface area contributed by atoms with Crippen molar-refractivity contribution in [1.29, 1.82) is 0 Å². The van der Waals surface area contributed by atoms with E-state index in [0.29, 0.717) is 0 Å². The number of aliphatic hydroxyl groups excluding tert-OH is 1. The van der Waals surface area contributed by atoms with Crippen LogP contribution in [0.25, 0.3) is 11.1 Å². The van der Waals surface area contributed by atoms with Crippen LogP contribution >= 0.6 is 0 Å². The Kier molecular flexibility index (Phi) is 8.73. The van der Waals surface area contributed by atoms with Gasteiger partial charge in [-0.3, -0.25) is 4.79 Å². The lowest BCUT2D eigenvalue weighted by molar-refractivity contribution is -0.144. The minimum atomic E-state index is -1.53. The minimum absolute atomic E-state index is 0.0435. The normalized spacial score (nSPS) is 14.5. The second kappa shape index (κ2) is 12.4. The van der Waals surface area contributed by atoms with Gasteiger partial charge in [-0.1, -0.05) is 78.9 Å². The number of carboxylic acid groups (broad SMARTS) is 1. The molecule has 0 bridgehead atoms. The van der Waals surface area contributed by atoms with Crippen LogP contribution < -0.4 is 10.6 Å². The number of benzene rings is 3. The molecule has 0 radical (unpaired) electrons. The molecular weight excluding hydrogens is 488 g/mol. The predicted octanol–water partition coefficient (Wildman–Crippen LogP) is 3.06. The number of ether oxygens (including phenoxy) is 2. The van der Waals surface area contributed by atoms with Crippen molar-refractivity contribution in [3.8, 4) is 11.1 Å². The summed E-state index contributed by atoms with van der Waals surface area (Å²) >= 11 is 0. The first-order chi connectivity index (χ1) is 18.4. The zero-order chi connectivity index (χ0) is 27.1. The number of carbonyl (C=O) groups excluding carboxylic acids is 2. The molecule has 0 fully saturated rings. The van der Waals surface area contributed by atoms with Gasteiger partial charge in [-0.05, 0) is 34.7 Å². The summed E-state index contributed by atoms with van der Waals surface area (Å²) < 4.78 is 11.4. The Balaban J connectivity index is 1.45. The number of rotatable bonds is 11. The molecule has 3 aromatic rings. The summed E-state index contributed by atoms with van der Waals surface area (Å²) in [6.45, 7) is 0.992. The van der Waals surface area contributed by atoms with Gasteiger partial charge in [-0.25, -0.2) is 9.59 Å². The zero-order valence-corrected chi connectivity index (χ0v) is 20.9.